The Bertz CT molecular complexity index is 133. The van der Waals surface area contributed by atoms with E-state index < -0.39 is 0 Å². The highest BCUT2D eigenvalue weighted by Gasteiger charge is 2.00. The number of carbonyl (C=O) groups is 1. The van der Waals surface area contributed by atoms with Crippen molar-refractivity contribution in [2.45, 2.75) is 19.3 Å². The Hall–Kier alpha value is -0.900. The lowest BCUT2D eigenvalue weighted by Crippen LogP contribution is -2.07. The molecule has 0 spiro atoms. The smallest absolute Gasteiger partial charge is 0.306 e. The van der Waals surface area contributed by atoms with E-state index >= 15 is 0 Å². The van der Waals surface area contributed by atoms with Crippen LogP contribution in [-0.4, -0.2) is 32.6 Å². The van der Waals surface area contributed by atoms with Gasteiger partial charge in [0.25, 0.3) is 0 Å². The first-order valence-electron chi connectivity index (χ1n) is 3.81. The molecule has 0 saturated heterocycles. The first-order valence-corrected chi connectivity index (χ1v) is 3.81. The van der Waals surface area contributed by atoms with Crippen molar-refractivity contribution in [3.8, 4) is 0 Å². The molecule has 0 aromatic rings. The van der Waals surface area contributed by atoms with Gasteiger partial charge >= 0.3 is 5.97 Å². The van der Waals surface area contributed by atoms with Crippen molar-refractivity contribution >= 4 is 12.3 Å². The van der Waals surface area contributed by atoms with E-state index in [2.05, 4.69) is 0 Å². The second-order valence-electron chi connectivity index (χ2n) is 2.21. The molecule has 0 unspecified atom stereocenters. The van der Waals surface area contributed by atoms with Crippen molar-refractivity contribution in [1.82, 2.24) is 0 Å². The predicted molar refractivity (Wildman–Crippen MR) is 42.4 cm³/mol. The van der Waals surface area contributed by atoms with Crippen molar-refractivity contribution in [3.05, 3.63) is 0 Å². The quantitative estimate of drug-likeness (QED) is 0.414. The minimum Gasteiger partial charge on any atom is -0.466 e. The fourth-order valence-electron chi connectivity index (χ4n) is 0.615. The average Bonchev–Trinajstić information content (AvgIpc) is 2.09. The highest BCUT2D eigenvalue weighted by atomic mass is 16.5. The van der Waals surface area contributed by atoms with Gasteiger partial charge in [-0.1, -0.05) is 0 Å². The summed E-state index contributed by atoms with van der Waals surface area (Å²) in [6, 6.07) is 0. The maximum Gasteiger partial charge on any atom is 0.306 e. The molecular formula is C8H13O4. The van der Waals surface area contributed by atoms with E-state index in [4.69, 9.17) is 9.47 Å². The summed E-state index contributed by atoms with van der Waals surface area (Å²) < 4.78 is 9.50. The maximum absolute atomic E-state index is 10.7. The molecule has 0 aromatic heterocycles. The number of esters is 1. The molecule has 4 nitrogen and oxygen atoms in total. The van der Waals surface area contributed by atoms with Gasteiger partial charge in [0.15, 0.2) is 6.29 Å². The van der Waals surface area contributed by atoms with Crippen LogP contribution in [0.15, 0.2) is 0 Å². The van der Waals surface area contributed by atoms with E-state index in [9.17, 15) is 9.59 Å². The zero-order valence-corrected chi connectivity index (χ0v) is 7.17. The first kappa shape index (κ1) is 11.1. The van der Waals surface area contributed by atoms with E-state index in [1.54, 1.807) is 13.4 Å². The summed E-state index contributed by atoms with van der Waals surface area (Å²) in [5.74, 6) is -0.352. The van der Waals surface area contributed by atoms with Gasteiger partial charge in [-0.3, -0.25) is 9.59 Å². The van der Waals surface area contributed by atoms with Crippen LogP contribution in [0.3, 0.4) is 0 Å². The van der Waals surface area contributed by atoms with E-state index in [0.29, 0.717) is 19.6 Å². The molecule has 0 saturated carbocycles. The third-order valence-electron chi connectivity index (χ3n) is 1.19. The van der Waals surface area contributed by atoms with Gasteiger partial charge in [0.05, 0.1) is 13.0 Å². The van der Waals surface area contributed by atoms with Gasteiger partial charge in [-0.2, -0.15) is 0 Å². The second kappa shape index (κ2) is 8.20. The number of hydrogen-bond acceptors (Lipinski definition) is 4. The number of ether oxygens (including phenoxy) is 2. The molecular weight excluding hydrogens is 160 g/mol. The Morgan fingerprint density at radius 2 is 2.17 bits per heavy atom. The molecule has 0 fully saturated rings. The van der Waals surface area contributed by atoms with Gasteiger partial charge in [-0.25, -0.2) is 0 Å². The van der Waals surface area contributed by atoms with Crippen LogP contribution in [0.1, 0.15) is 19.3 Å². The average molecular weight is 173 g/mol. The SMILES string of the molecule is COCCCOC(=O)CC[C]=O. The van der Waals surface area contributed by atoms with Crippen molar-refractivity contribution < 1.29 is 19.1 Å². The monoisotopic (exact) mass is 173 g/mol. The standard InChI is InChI=1S/C8H13O4/c1-11-6-3-7-12-8(10)4-2-5-9/h2-4,6-7H2,1H3. The van der Waals surface area contributed by atoms with Crippen LogP contribution in [0, 0.1) is 0 Å². The Morgan fingerprint density at radius 3 is 2.75 bits per heavy atom. The summed E-state index contributed by atoms with van der Waals surface area (Å²) in [7, 11) is 1.59. The molecule has 0 heterocycles. The second-order valence-corrected chi connectivity index (χ2v) is 2.21. The van der Waals surface area contributed by atoms with Crippen LogP contribution in [0.5, 0.6) is 0 Å². The molecule has 0 aliphatic rings. The number of rotatable bonds is 7. The molecule has 0 aliphatic heterocycles. The number of hydrogen-bond donors (Lipinski definition) is 0. The van der Waals surface area contributed by atoms with Gasteiger partial charge in [0.1, 0.15) is 0 Å². The maximum atomic E-state index is 10.7. The van der Waals surface area contributed by atoms with Crippen LogP contribution >= 0.6 is 0 Å². The fourth-order valence-corrected chi connectivity index (χ4v) is 0.615. The highest BCUT2D eigenvalue weighted by Crippen LogP contribution is 1.91. The molecule has 4 heteroatoms. The van der Waals surface area contributed by atoms with Crippen molar-refractivity contribution in [2.24, 2.45) is 0 Å². The summed E-state index contributed by atoms with van der Waals surface area (Å²) in [5, 5.41) is 0. The minimum atomic E-state index is -0.352. The van der Waals surface area contributed by atoms with E-state index in [1.165, 1.54) is 0 Å². The highest BCUT2D eigenvalue weighted by molar-refractivity contribution is 5.72. The van der Waals surface area contributed by atoms with Crippen molar-refractivity contribution in [1.29, 1.82) is 0 Å². The summed E-state index contributed by atoms with van der Waals surface area (Å²) >= 11 is 0. The number of methoxy groups -OCH3 is 1. The molecule has 0 rings (SSSR count). The predicted octanol–water partition coefficient (Wildman–Crippen LogP) is 0.456. The summed E-state index contributed by atoms with van der Waals surface area (Å²) in [6.07, 6.45) is 2.55. The zero-order valence-electron chi connectivity index (χ0n) is 7.17. The Morgan fingerprint density at radius 1 is 1.42 bits per heavy atom. The molecule has 0 N–H and O–H groups in total. The van der Waals surface area contributed by atoms with Gasteiger partial charge in [0, 0.05) is 26.6 Å². The van der Waals surface area contributed by atoms with Gasteiger partial charge < -0.3 is 9.47 Å². The zero-order chi connectivity index (χ0) is 9.23. The van der Waals surface area contributed by atoms with Crippen molar-refractivity contribution in [2.75, 3.05) is 20.3 Å². The van der Waals surface area contributed by atoms with E-state index in [1.807, 2.05) is 0 Å². The van der Waals surface area contributed by atoms with Gasteiger partial charge in [0.2, 0.25) is 0 Å². The lowest BCUT2D eigenvalue weighted by Gasteiger charge is -2.01. The molecule has 0 aromatic carbocycles. The summed E-state index contributed by atoms with van der Waals surface area (Å²) in [6.45, 7) is 0.929. The topological polar surface area (TPSA) is 52.6 Å². The summed E-state index contributed by atoms with van der Waals surface area (Å²) in [4.78, 5) is 20.5. The molecule has 0 aliphatic carbocycles. The van der Waals surface area contributed by atoms with Crippen LogP contribution in [0.4, 0.5) is 0 Å². The molecule has 69 valence electrons. The normalized spacial score (nSPS) is 9.42. The van der Waals surface area contributed by atoms with Crippen LogP contribution < -0.4 is 0 Å². The lowest BCUT2D eigenvalue weighted by atomic mass is 10.3. The van der Waals surface area contributed by atoms with Crippen LogP contribution in [0.25, 0.3) is 0 Å². The van der Waals surface area contributed by atoms with E-state index in [-0.39, 0.29) is 18.8 Å². The van der Waals surface area contributed by atoms with Crippen LogP contribution in [-0.2, 0) is 19.1 Å². The Labute approximate surface area is 71.8 Å². The molecule has 0 amide bonds. The van der Waals surface area contributed by atoms with Gasteiger partial charge in [-0.15, -0.1) is 0 Å². The third kappa shape index (κ3) is 7.21. The molecule has 0 bridgehead atoms. The van der Waals surface area contributed by atoms with Crippen molar-refractivity contribution in [3.63, 3.8) is 0 Å². The van der Waals surface area contributed by atoms with E-state index in [0.717, 1.165) is 0 Å². The Kier molecular flexibility index (Phi) is 7.58. The molecule has 12 heavy (non-hydrogen) atoms. The van der Waals surface area contributed by atoms with Crippen LogP contribution in [0.2, 0.25) is 0 Å². The lowest BCUT2D eigenvalue weighted by molar-refractivity contribution is -0.143. The Balaban J connectivity index is 3.13. The molecule has 1 radical (unpaired) electrons. The fraction of sp³-hybridized carbons (Fsp3) is 0.750. The third-order valence-corrected chi connectivity index (χ3v) is 1.19. The first-order chi connectivity index (χ1) is 5.81. The van der Waals surface area contributed by atoms with Gasteiger partial charge in [-0.05, 0) is 0 Å². The summed E-state index contributed by atoms with van der Waals surface area (Å²) in [5.41, 5.74) is 0. The number of carbonyl (C=O) groups excluding carboxylic acids is 2. The minimum absolute atomic E-state index is 0.114. The molecule has 0 atom stereocenters. The largest absolute Gasteiger partial charge is 0.466 e.